The van der Waals surface area contributed by atoms with Crippen LogP contribution in [0.3, 0.4) is 0 Å². The maximum atomic E-state index is 11.1. The standard InChI is InChI=1S/C12H11ClN2O3S/c13-7-12(14)15-11-3-1-2-8-6-9(19(16,17)18)4-5-10(8)11/h1-6H,7H2,(H2,14,15)(H,16,17,18). The Morgan fingerprint density at radius 1 is 1.32 bits per heavy atom. The molecule has 2 aromatic carbocycles. The van der Waals surface area contributed by atoms with Crippen molar-refractivity contribution in [3.63, 3.8) is 0 Å². The van der Waals surface area contributed by atoms with Gasteiger partial charge in [0.05, 0.1) is 16.5 Å². The highest BCUT2D eigenvalue weighted by atomic mass is 35.5. The van der Waals surface area contributed by atoms with Crippen molar-refractivity contribution in [1.29, 1.82) is 0 Å². The molecule has 0 radical (unpaired) electrons. The molecule has 0 heterocycles. The molecule has 3 N–H and O–H groups in total. The topological polar surface area (TPSA) is 92.8 Å². The first-order valence-corrected chi connectivity index (χ1v) is 7.28. The van der Waals surface area contributed by atoms with E-state index in [2.05, 4.69) is 4.99 Å². The van der Waals surface area contributed by atoms with Crippen LogP contribution in [0.5, 0.6) is 0 Å². The molecular weight excluding hydrogens is 288 g/mol. The normalized spacial score (nSPS) is 12.8. The van der Waals surface area contributed by atoms with Gasteiger partial charge in [-0.3, -0.25) is 4.55 Å². The summed E-state index contributed by atoms with van der Waals surface area (Å²) < 4.78 is 31.2. The van der Waals surface area contributed by atoms with E-state index in [1.54, 1.807) is 24.3 Å². The van der Waals surface area contributed by atoms with E-state index in [-0.39, 0.29) is 16.6 Å². The van der Waals surface area contributed by atoms with Crippen LogP contribution in [-0.4, -0.2) is 24.7 Å². The third-order valence-corrected chi connectivity index (χ3v) is 3.65. The Morgan fingerprint density at radius 3 is 2.68 bits per heavy atom. The highest BCUT2D eigenvalue weighted by Crippen LogP contribution is 2.28. The molecule has 0 spiro atoms. The average molecular weight is 299 g/mol. The number of rotatable bonds is 3. The molecule has 0 aliphatic rings. The Bertz CT molecular complexity index is 757. The first-order valence-electron chi connectivity index (χ1n) is 5.31. The number of hydrogen-bond donors (Lipinski definition) is 2. The fourth-order valence-electron chi connectivity index (χ4n) is 1.69. The number of halogens is 1. The predicted molar refractivity (Wildman–Crippen MR) is 75.8 cm³/mol. The summed E-state index contributed by atoms with van der Waals surface area (Å²) in [6.45, 7) is 0. The van der Waals surface area contributed by atoms with Gasteiger partial charge in [0.1, 0.15) is 5.84 Å². The van der Waals surface area contributed by atoms with Gasteiger partial charge in [0, 0.05) is 5.39 Å². The summed E-state index contributed by atoms with van der Waals surface area (Å²) in [7, 11) is -4.22. The molecule has 5 nitrogen and oxygen atoms in total. The lowest BCUT2D eigenvalue weighted by Crippen LogP contribution is -2.12. The molecule has 100 valence electrons. The lowest BCUT2D eigenvalue weighted by Gasteiger charge is -2.04. The van der Waals surface area contributed by atoms with Gasteiger partial charge in [0.2, 0.25) is 0 Å². The molecule has 0 atom stereocenters. The van der Waals surface area contributed by atoms with E-state index in [1.165, 1.54) is 12.1 Å². The summed E-state index contributed by atoms with van der Waals surface area (Å²) in [6, 6.07) is 9.44. The second kappa shape index (κ2) is 5.16. The van der Waals surface area contributed by atoms with Crippen LogP contribution in [0, 0.1) is 0 Å². The van der Waals surface area contributed by atoms with Crippen LogP contribution in [0.25, 0.3) is 10.8 Å². The van der Waals surface area contributed by atoms with Crippen LogP contribution < -0.4 is 5.73 Å². The quantitative estimate of drug-likeness (QED) is 0.393. The number of aliphatic imine (C=N–C) groups is 1. The van der Waals surface area contributed by atoms with Crippen LogP contribution in [-0.2, 0) is 10.1 Å². The number of hydrogen-bond acceptors (Lipinski definition) is 3. The maximum Gasteiger partial charge on any atom is 0.294 e. The van der Waals surface area contributed by atoms with E-state index < -0.39 is 10.1 Å². The smallest absolute Gasteiger partial charge is 0.294 e. The number of fused-ring (bicyclic) bond motifs is 1. The number of alkyl halides is 1. The summed E-state index contributed by atoms with van der Waals surface area (Å²) in [5.41, 5.74) is 6.17. The van der Waals surface area contributed by atoms with Crippen molar-refractivity contribution in [3.8, 4) is 0 Å². The van der Waals surface area contributed by atoms with Crippen molar-refractivity contribution in [2.24, 2.45) is 10.7 Å². The van der Waals surface area contributed by atoms with Gasteiger partial charge in [-0.1, -0.05) is 18.2 Å². The molecule has 7 heteroatoms. The molecule has 19 heavy (non-hydrogen) atoms. The largest absolute Gasteiger partial charge is 0.386 e. The Morgan fingerprint density at radius 2 is 2.05 bits per heavy atom. The van der Waals surface area contributed by atoms with E-state index in [0.29, 0.717) is 11.1 Å². The molecule has 0 aliphatic carbocycles. The summed E-state index contributed by atoms with van der Waals surface area (Å²) in [5, 5.41) is 1.36. The lowest BCUT2D eigenvalue weighted by atomic mass is 10.1. The van der Waals surface area contributed by atoms with Gasteiger partial charge < -0.3 is 5.73 Å². The zero-order valence-corrected chi connectivity index (χ0v) is 11.3. The lowest BCUT2D eigenvalue weighted by molar-refractivity contribution is 0.483. The van der Waals surface area contributed by atoms with Gasteiger partial charge in [-0.15, -0.1) is 11.6 Å². The predicted octanol–water partition coefficient (Wildman–Crippen LogP) is 2.31. The third-order valence-electron chi connectivity index (χ3n) is 2.53. The second-order valence-corrected chi connectivity index (χ2v) is 5.56. The second-order valence-electron chi connectivity index (χ2n) is 3.87. The van der Waals surface area contributed by atoms with Crippen molar-refractivity contribution >= 4 is 44.0 Å². The molecule has 0 unspecified atom stereocenters. The van der Waals surface area contributed by atoms with Crippen molar-refractivity contribution in [2.75, 3.05) is 5.88 Å². The van der Waals surface area contributed by atoms with Crippen LogP contribution in [0.4, 0.5) is 5.69 Å². The van der Waals surface area contributed by atoms with E-state index in [4.69, 9.17) is 21.9 Å². The van der Waals surface area contributed by atoms with Crippen LogP contribution >= 0.6 is 11.6 Å². The Balaban J connectivity index is 2.66. The monoisotopic (exact) mass is 298 g/mol. The van der Waals surface area contributed by atoms with Crippen molar-refractivity contribution in [2.45, 2.75) is 4.90 Å². The highest BCUT2D eigenvalue weighted by Gasteiger charge is 2.10. The zero-order chi connectivity index (χ0) is 14.0. The summed E-state index contributed by atoms with van der Waals surface area (Å²) in [5.74, 6) is 0.382. The van der Waals surface area contributed by atoms with E-state index in [1.807, 2.05) is 0 Å². The van der Waals surface area contributed by atoms with Crippen molar-refractivity contribution < 1.29 is 13.0 Å². The van der Waals surface area contributed by atoms with Gasteiger partial charge >= 0.3 is 0 Å². The maximum absolute atomic E-state index is 11.1. The molecule has 0 amide bonds. The van der Waals surface area contributed by atoms with Crippen molar-refractivity contribution in [1.82, 2.24) is 0 Å². The molecule has 2 aromatic rings. The van der Waals surface area contributed by atoms with E-state index in [9.17, 15) is 8.42 Å². The fraction of sp³-hybridized carbons (Fsp3) is 0.0833. The number of nitrogens with zero attached hydrogens (tertiary/aromatic N) is 1. The van der Waals surface area contributed by atoms with Gasteiger partial charge in [-0.05, 0) is 23.6 Å². The molecule has 0 aromatic heterocycles. The first-order chi connectivity index (χ1) is 8.91. The van der Waals surface area contributed by atoms with Gasteiger partial charge in [-0.2, -0.15) is 8.42 Å². The minimum atomic E-state index is -4.22. The third kappa shape index (κ3) is 3.04. The first kappa shape index (κ1) is 13.8. The molecular formula is C12H11ClN2O3S. The highest BCUT2D eigenvalue weighted by molar-refractivity contribution is 7.85. The Kier molecular flexibility index (Phi) is 3.75. The number of nitrogens with two attached hydrogens (primary N) is 1. The van der Waals surface area contributed by atoms with Crippen molar-refractivity contribution in [3.05, 3.63) is 36.4 Å². The minimum Gasteiger partial charge on any atom is -0.386 e. The SMILES string of the molecule is NC(CCl)=Nc1cccc2cc(S(=O)(=O)O)ccc12. The minimum absolute atomic E-state index is 0.111. The van der Waals surface area contributed by atoms with Crippen LogP contribution in [0.15, 0.2) is 46.3 Å². The van der Waals surface area contributed by atoms with Crippen LogP contribution in [0.2, 0.25) is 0 Å². The molecule has 2 rings (SSSR count). The van der Waals surface area contributed by atoms with Gasteiger partial charge in [0.25, 0.3) is 10.1 Å². The summed E-state index contributed by atoms with van der Waals surface area (Å²) in [6.07, 6.45) is 0. The molecule has 0 bridgehead atoms. The molecule has 0 fully saturated rings. The van der Waals surface area contributed by atoms with E-state index in [0.717, 1.165) is 5.39 Å². The molecule has 0 aliphatic heterocycles. The van der Waals surface area contributed by atoms with Gasteiger partial charge in [0.15, 0.2) is 0 Å². The number of benzene rings is 2. The molecule has 0 saturated carbocycles. The number of amidine groups is 1. The van der Waals surface area contributed by atoms with Crippen LogP contribution in [0.1, 0.15) is 0 Å². The Hall–Kier alpha value is -1.63. The summed E-state index contributed by atoms with van der Waals surface area (Å²) in [4.78, 5) is 3.99. The van der Waals surface area contributed by atoms with E-state index >= 15 is 0 Å². The molecule has 0 saturated heterocycles. The fourth-order valence-corrected chi connectivity index (χ4v) is 2.26. The Labute approximate surface area is 115 Å². The average Bonchev–Trinajstić information content (AvgIpc) is 2.37. The van der Waals surface area contributed by atoms with Gasteiger partial charge in [-0.25, -0.2) is 4.99 Å². The zero-order valence-electron chi connectivity index (χ0n) is 9.75. The summed E-state index contributed by atoms with van der Waals surface area (Å²) >= 11 is 5.57.